The van der Waals surface area contributed by atoms with E-state index < -0.39 is 43.6 Å². The van der Waals surface area contributed by atoms with Gasteiger partial charge in [-0.1, -0.05) is 198 Å². The Morgan fingerprint density at radius 2 is 1.13 bits per heavy atom. The van der Waals surface area contributed by atoms with Crippen LogP contribution in [0.2, 0.25) is 5.04 Å². The summed E-state index contributed by atoms with van der Waals surface area (Å²) in [5.41, 5.74) is 2.42. The maximum Gasteiger partial charge on any atom is 0.337 e. The van der Waals surface area contributed by atoms with Crippen LogP contribution in [0.1, 0.15) is 84.4 Å². The molecule has 1 saturated heterocycles. The summed E-state index contributed by atoms with van der Waals surface area (Å²) in [7, 11) is -2.98. The third-order valence-corrected chi connectivity index (χ3v) is 17.6. The average molecular weight is 821 g/mol. The molecule has 2 heterocycles. The molecule has 5 aromatic carbocycles. The van der Waals surface area contributed by atoms with Gasteiger partial charge in [-0.3, -0.25) is 0 Å². The van der Waals surface area contributed by atoms with Crippen molar-refractivity contribution in [3.05, 3.63) is 191 Å². The molecule has 7 heteroatoms. The Hall–Kier alpha value is -5.05. The van der Waals surface area contributed by atoms with Gasteiger partial charge in [0.1, 0.15) is 23.6 Å². The van der Waals surface area contributed by atoms with E-state index in [2.05, 4.69) is 106 Å². The number of aliphatic hydroxyl groups excluding tert-OH is 1. The minimum absolute atomic E-state index is 0.0841. The molecule has 0 saturated carbocycles. The number of rotatable bonds is 10. The third-order valence-electron chi connectivity index (χ3n) is 12.5. The molecule has 0 aliphatic carbocycles. The number of esters is 1. The fraction of sp³-hybridized carbons (Fsp3) is 0.340. The Morgan fingerprint density at radius 3 is 1.58 bits per heavy atom. The standard InChI is InChI=1S/C53H60O6Si/c1-38-33-44(37-56-53(40-23-13-8-14-24-40,41-25-15-9-16-26-41)42-27-17-10-18-28-42)57-50(55)39(2)47-35-43(36-49(58-47)52(6,7)48(54)34-38)59-60(51(3,4)5,45-29-19-11-20-30-45)46-31-21-12-22-32-46/h8-32,34,43-44,48-49,54H,33,35-37H2,1-7H3/b38-34+,47-39-/t43-,44+,48?,49+/m0/s1. The smallest absolute Gasteiger partial charge is 0.337 e. The van der Waals surface area contributed by atoms with Crippen LogP contribution in [-0.4, -0.2) is 50.4 Å². The Labute approximate surface area is 358 Å². The second kappa shape index (κ2) is 17.9. The number of cyclic esters (lactones) is 1. The molecule has 7 rings (SSSR count). The van der Waals surface area contributed by atoms with Crippen LogP contribution >= 0.6 is 0 Å². The summed E-state index contributed by atoms with van der Waals surface area (Å²) in [4.78, 5) is 14.5. The summed E-state index contributed by atoms with van der Waals surface area (Å²) in [6, 6.07) is 51.8. The van der Waals surface area contributed by atoms with E-state index in [9.17, 15) is 9.90 Å². The van der Waals surface area contributed by atoms with Gasteiger partial charge in [-0.05, 0) is 45.9 Å². The first kappa shape index (κ1) is 43.0. The molecule has 60 heavy (non-hydrogen) atoms. The highest BCUT2D eigenvalue weighted by molar-refractivity contribution is 6.99. The highest BCUT2D eigenvalue weighted by Gasteiger charge is 2.53. The van der Waals surface area contributed by atoms with Crippen molar-refractivity contribution < 1.29 is 28.5 Å². The van der Waals surface area contributed by atoms with Crippen LogP contribution in [0.5, 0.6) is 0 Å². The molecule has 2 bridgehead atoms. The van der Waals surface area contributed by atoms with Crippen LogP contribution in [0, 0.1) is 5.41 Å². The summed E-state index contributed by atoms with van der Waals surface area (Å²) in [5, 5.41) is 14.2. The van der Waals surface area contributed by atoms with Crippen molar-refractivity contribution >= 4 is 24.7 Å². The molecule has 1 fully saturated rings. The predicted molar refractivity (Wildman–Crippen MR) is 243 cm³/mol. The van der Waals surface area contributed by atoms with Crippen LogP contribution in [0.4, 0.5) is 0 Å². The van der Waals surface area contributed by atoms with Gasteiger partial charge < -0.3 is 23.7 Å². The van der Waals surface area contributed by atoms with E-state index in [1.54, 1.807) is 6.92 Å². The summed E-state index contributed by atoms with van der Waals surface area (Å²) in [5.74, 6) is 0.0764. The number of hydrogen-bond donors (Lipinski definition) is 1. The fourth-order valence-corrected chi connectivity index (χ4v) is 13.8. The first-order valence-corrected chi connectivity index (χ1v) is 23.2. The van der Waals surface area contributed by atoms with Crippen molar-refractivity contribution in [1.29, 1.82) is 0 Å². The van der Waals surface area contributed by atoms with Crippen molar-refractivity contribution in [2.24, 2.45) is 5.41 Å². The van der Waals surface area contributed by atoms with E-state index in [1.807, 2.05) is 93.6 Å². The van der Waals surface area contributed by atoms with E-state index in [1.165, 1.54) is 10.4 Å². The SMILES string of the molecule is C/C1=C2\C[C@H](O[Si](c3ccccc3)(c3ccccc3)C(C)(C)C)C[C@@H](O2)C(C)(C)C(O)/C=C(\C)C[C@H](COC(c2ccccc2)(c2ccccc2)c2ccccc2)OC1=O. The van der Waals surface area contributed by atoms with Crippen LogP contribution < -0.4 is 10.4 Å². The van der Waals surface area contributed by atoms with Gasteiger partial charge >= 0.3 is 5.97 Å². The number of carbonyl (C=O) groups excluding carboxylic acids is 1. The number of benzene rings is 5. The Balaban J connectivity index is 1.28. The minimum Gasteiger partial charge on any atom is -0.493 e. The molecule has 2 aliphatic rings. The maximum absolute atomic E-state index is 14.5. The molecule has 5 aromatic rings. The van der Waals surface area contributed by atoms with Gasteiger partial charge in [0.15, 0.2) is 0 Å². The first-order chi connectivity index (χ1) is 28.8. The average Bonchev–Trinajstić information content (AvgIpc) is 3.26. The lowest BCUT2D eigenvalue weighted by Crippen LogP contribution is -2.68. The summed E-state index contributed by atoms with van der Waals surface area (Å²) < 4.78 is 28.2. The first-order valence-electron chi connectivity index (χ1n) is 21.3. The van der Waals surface area contributed by atoms with E-state index >= 15 is 0 Å². The molecule has 1 N–H and O–H groups in total. The van der Waals surface area contributed by atoms with Crippen LogP contribution in [-0.2, 0) is 29.0 Å². The second-order valence-electron chi connectivity index (χ2n) is 18.1. The number of hydrogen-bond acceptors (Lipinski definition) is 6. The molecule has 6 nitrogen and oxygen atoms in total. The van der Waals surface area contributed by atoms with Crippen molar-refractivity contribution in [1.82, 2.24) is 0 Å². The van der Waals surface area contributed by atoms with Crippen molar-refractivity contribution in [3.8, 4) is 0 Å². The normalized spacial score (nSPS) is 23.5. The predicted octanol–water partition coefficient (Wildman–Crippen LogP) is 10.0. The number of aliphatic hydroxyl groups is 1. The third kappa shape index (κ3) is 8.59. The van der Waals surface area contributed by atoms with Crippen molar-refractivity contribution in [2.75, 3.05) is 6.61 Å². The Morgan fingerprint density at radius 1 is 0.683 bits per heavy atom. The zero-order chi connectivity index (χ0) is 42.5. The van der Waals surface area contributed by atoms with Gasteiger partial charge in [-0.2, -0.15) is 0 Å². The van der Waals surface area contributed by atoms with Gasteiger partial charge in [-0.25, -0.2) is 4.79 Å². The molecule has 1 unspecified atom stereocenters. The van der Waals surface area contributed by atoms with Gasteiger partial charge in [-0.15, -0.1) is 0 Å². The number of fused-ring (bicyclic) bond motifs is 2. The topological polar surface area (TPSA) is 74.2 Å². The summed E-state index contributed by atoms with van der Waals surface area (Å²) >= 11 is 0. The Bertz CT molecular complexity index is 2110. The van der Waals surface area contributed by atoms with E-state index in [-0.39, 0.29) is 17.7 Å². The lowest BCUT2D eigenvalue weighted by molar-refractivity contribution is -0.151. The fourth-order valence-electron chi connectivity index (χ4n) is 9.10. The lowest BCUT2D eigenvalue weighted by Gasteiger charge is -2.49. The highest BCUT2D eigenvalue weighted by Crippen LogP contribution is 2.45. The van der Waals surface area contributed by atoms with Crippen LogP contribution in [0.25, 0.3) is 0 Å². The van der Waals surface area contributed by atoms with E-state index in [4.69, 9.17) is 18.6 Å². The maximum atomic E-state index is 14.5. The largest absolute Gasteiger partial charge is 0.493 e. The van der Waals surface area contributed by atoms with Crippen molar-refractivity contribution in [3.63, 3.8) is 0 Å². The molecular formula is C53H60O6Si. The molecule has 0 amide bonds. The van der Waals surface area contributed by atoms with Gasteiger partial charge in [0.2, 0.25) is 0 Å². The molecule has 0 radical (unpaired) electrons. The van der Waals surface area contributed by atoms with Crippen LogP contribution in [0.15, 0.2) is 175 Å². The monoisotopic (exact) mass is 820 g/mol. The van der Waals surface area contributed by atoms with E-state index in [0.717, 1.165) is 22.3 Å². The molecule has 0 aromatic heterocycles. The molecule has 4 atom stereocenters. The zero-order valence-corrected chi connectivity index (χ0v) is 37.1. The molecule has 312 valence electrons. The lowest BCUT2D eigenvalue weighted by atomic mass is 9.76. The van der Waals surface area contributed by atoms with Gasteiger partial charge in [0, 0.05) is 24.7 Å². The quantitative estimate of drug-likeness (QED) is 0.0655. The van der Waals surface area contributed by atoms with E-state index in [0.29, 0.717) is 30.6 Å². The van der Waals surface area contributed by atoms with Gasteiger partial charge in [0.05, 0.1) is 24.4 Å². The highest BCUT2D eigenvalue weighted by atomic mass is 28.4. The van der Waals surface area contributed by atoms with Crippen LogP contribution in [0.3, 0.4) is 0 Å². The Kier molecular flexibility index (Phi) is 12.8. The second-order valence-corrected chi connectivity index (χ2v) is 22.4. The summed E-state index contributed by atoms with van der Waals surface area (Å²) in [6.07, 6.45) is 0.910. The minimum atomic E-state index is -2.98. The molecule has 0 spiro atoms. The number of ether oxygens (including phenoxy) is 3. The number of carbonyl (C=O) groups is 1. The van der Waals surface area contributed by atoms with Gasteiger partial charge in [0.25, 0.3) is 8.32 Å². The van der Waals surface area contributed by atoms with Crippen molar-refractivity contribution in [2.45, 2.75) is 103 Å². The molecule has 2 aliphatic heterocycles. The summed E-state index contributed by atoms with van der Waals surface area (Å²) in [6.45, 7) is 14.8. The molecular weight excluding hydrogens is 761 g/mol. The zero-order valence-electron chi connectivity index (χ0n) is 36.1.